The monoisotopic (exact) mass is 219 g/mol. The summed E-state index contributed by atoms with van der Waals surface area (Å²) in [7, 11) is 3.97. The number of anilines is 1. The summed E-state index contributed by atoms with van der Waals surface area (Å²) in [6.45, 7) is 3.29. The van der Waals surface area contributed by atoms with Crippen LogP contribution < -0.4 is 5.01 Å². The fourth-order valence-corrected chi connectivity index (χ4v) is 1.80. The zero-order valence-electron chi connectivity index (χ0n) is 9.97. The third-order valence-electron chi connectivity index (χ3n) is 2.46. The van der Waals surface area contributed by atoms with Crippen LogP contribution in [0.15, 0.2) is 29.3 Å². The van der Waals surface area contributed by atoms with Gasteiger partial charge in [0.1, 0.15) is 0 Å². The van der Waals surface area contributed by atoms with Crippen LogP contribution in [0.5, 0.6) is 0 Å². The Labute approximate surface area is 96.1 Å². The van der Waals surface area contributed by atoms with E-state index in [1.165, 1.54) is 5.56 Å². The molecule has 4 nitrogen and oxygen atoms in total. The average molecular weight is 219 g/mol. The highest BCUT2D eigenvalue weighted by molar-refractivity contribution is 5.93. The number of para-hydroxylation sites is 1. The Morgan fingerprint density at radius 1 is 1.38 bits per heavy atom. The predicted molar refractivity (Wildman–Crippen MR) is 65.4 cm³/mol. The second-order valence-corrected chi connectivity index (χ2v) is 3.82. The van der Waals surface area contributed by atoms with E-state index in [1.54, 1.807) is 0 Å². The molecule has 86 valence electrons. The van der Waals surface area contributed by atoms with Crippen LogP contribution in [0, 0.1) is 0 Å². The molecule has 0 atom stereocenters. The summed E-state index contributed by atoms with van der Waals surface area (Å²) < 4.78 is 5.55. The second kappa shape index (κ2) is 4.53. The lowest BCUT2D eigenvalue weighted by Crippen LogP contribution is -2.45. The number of aliphatic imine (C=N–C) groups is 1. The maximum Gasteiger partial charge on any atom is 0.307 e. The number of hydrogen-bond donors (Lipinski definition) is 0. The van der Waals surface area contributed by atoms with Gasteiger partial charge in [0.25, 0.3) is 0 Å². The molecule has 0 fully saturated rings. The molecule has 4 heteroatoms. The van der Waals surface area contributed by atoms with Crippen molar-refractivity contribution in [2.75, 3.05) is 25.7 Å². The minimum absolute atomic E-state index is 0.630. The second-order valence-electron chi connectivity index (χ2n) is 3.82. The van der Waals surface area contributed by atoms with Crippen molar-refractivity contribution in [1.29, 1.82) is 0 Å². The summed E-state index contributed by atoms with van der Waals surface area (Å²) in [5.41, 5.74) is 2.37. The maximum absolute atomic E-state index is 5.55. The maximum atomic E-state index is 5.55. The molecule has 1 aromatic rings. The molecule has 0 saturated carbocycles. The third kappa shape index (κ3) is 1.88. The zero-order chi connectivity index (χ0) is 11.5. The largest absolute Gasteiger partial charge is 0.464 e. The molecular formula is C12H17N3O. The summed E-state index contributed by atoms with van der Waals surface area (Å²) in [6, 6.07) is 8.92. The molecule has 1 aromatic carbocycles. The zero-order valence-corrected chi connectivity index (χ0v) is 9.97. The van der Waals surface area contributed by atoms with Crippen molar-refractivity contribution in [3.63, 3.8) is 0 Å². The lowest BCUT2D eigenvalue weighted by Gasteiger charge is -2.34. The van der Waals surface area contributed by atoms with Crippen LogP contribution >= 0.6 is 0 Å². The molecule has 0 aromatic heterocycles. The molecule has 1 aliphatic rings. The molecule has 0 unspecified atom stereocenters. The van der Waals surface area contributed by atoms with E-state index in [1.807, 2.05) is 43.2 Å². The normalized spacial score (nSPS) is 14.8. The standard InChI is InChI=1S/C12H17N3O/c1-4-16-12-13-9-10-7-5-6-8-11(10)15(12)14(2)3/h5-8H,4,9H2,1-3H3. The molecule has 0 aliphatic carbocycles. The Kier molecular flexibility index (Phi) is 3.10. The SMILES string of the molecule is CCOC1=NCc2ccccc2N1N(C)C. The van der Waals surface area contributed by atoms with Crippen LogP contribution in [0.1, 0.15) is 12.5 Å². The van der Waals surface area contributed by atoms with Gasteiger partial charge in [-0.25, -0.2) is 15.0 Å². The van der Waals surface area contributed by atoms with Crippen LogP contribution in [-0.2, 0) is 11.3 Å². The van der Waals surface area contributed by atoms with Gasteiger partial charge < -0.3 is 4.74 Å². The van der Waals surface area contributed by atoms with E-state index in [0.29, 0.717) is 19.2 Å². The van der Waals surface area contributed by atoms with Crippen molar-refractivity contribution < 1.29 is 4.74 Å². The van der Waals surface area contributed by atoms with Gasteiger partial charge in [0.2, 0.25) is 0 Å². The Morgan fingerprint density at radius 3 is 2.81 bits per heavy atom. The summed E-state index contributed by atoms with van der Waals surface area (Å²) in [5.74, 6) is 0. The molecule has 16 heavy (non-hydrogen) atoms. The first-order chi connectivity index (χ1) is 7.74. The van der Waals surface area contributed by atoms with E-state index in [0.717, 1.165) is 5.69 Å². The summed E-state index contributed by atoms with van der Waals surface area (Å²) >= 11 is 0. The van der Waals surface area contributed by atoms with E-state index < -0.39 is 0 Å². The molecule has 2 rings (SSSR count). The number of amidine groups is 1. The molecule has 0 bridgehead atoms. The highest BCUT2D eigenvalue weighted by atomic mass is 16.5. The highest BCUT2D eigenvalue weighted by Crippen LogP contribution is 2.26. The molecular weight excluding hydrogens is 202 g/mol. The van der Waals surface area contributed by atoms with E-state index >= 15 is 0 Å². The quantitative estimate of drug-likeness (QED) is 0.760. The van der Waals surface area contributed by atoms with Crippen molar-refractivity contribution in [2.24, 2.45) is 4.99 Å². The fraction of sp³-hybridized carbons (Fsp3) is 0.417. The van der Waals surface area contributed by atoms with Crippen molar-refractivity contribution in [1.82, 2.24) is 5.01 Å². The van der Waals surface area contributed by atoms with Crippen molar-refractivity contribution in [2.45, 2.75) is 13.5 Å². The summed E-state index contributed by atoms with van der Waals surface area (Å²) in [5, 5.41) is 3.97. The number of ether oxygens (including phenoxy) is 1. The first-order valence-corrected chi connectivity index (χ1v) is 5.46. The molecule has 0 amide bonds. The van der Waals surface area contributed by atoms with Gasteiger partial charge in [0.15, 0.2) is 0 Å². The number of nitrogens with zero attached hydrogens (tertiary/aromatic N) is 3. The van der Waals surface area contributed by atoms with Crippen molar-refractivity contribution >= 4 is 11.7 Å². The van der Waals surface area contributed by atoms with Gasteiger partial charge in [-0.2, -0.15) is 0 Å². The van der Waals surface area contributed by atoms with Crippen molar-refractivity contribution in [3.8, 4) is 0 Å². The lowest BCUT2D eigenvalue weighted by atomic mass is 10.1. The Morgan fingerprint density at radius 2 is 2.12 bits per heavy atom. The highest BCUT2D eigenvalue weighted by Gasteiger charge is 2.23. The lowest BCUT2D eigenvalue weighted by molar-refractivity contribution is 0.283. The average Bonchev–Trinajstić information content (AvgIpc) is 2.28. The predicted octanol–water partition coefficient (Wildman–Crippen LogP) is 1.88. The molecule has 0 spiro atoms. The molecule has 0 N–H and O–H groups in total. The Balaban J connectivity index is 2.38. The molecule has 1 heterocycles. The van der Waals surface area contributed by atoms with E-state index in [-0.39, 0.29) is 0 Å². The Hall–Kier alpha value is -1.55. The molecule has 0 saturated heterocycles. The van der Waals surface area contributed by atoms with Crippen LogP contribution in [0.25, 0.3) is 0 Å². The summed E-state index contributed by atoms with van der Waals surface area (Å²) in [4.78, 5) is 4.44. The van der Waals surface area contributed by atoms with E-state index in [4.69, 9.17) is 4.74 Å². The minimum Gasteiger partial charge on any atom is -0.464 e. The van der Waals surface area contributed by atoms with E-state index in [9.17, 15) is 0 Å². The number of hydrogen-bond acceptors (Lipinski definition) is 4. The first-order valence-electron chi connectivity index (χ1n) is 5.46. The first kappa shape index (κ1) is 11.0. The minimum atomic E-state index is 0.630. The Bertz CT molecular complexity index is 401. The smallest absolute Gasteiger partial charge is 0.307 e. The van der Waals surface area contributed by atoms with Gasteiger partial charge in [-0.15, -0.1) is 0 Å². The number of rotatable bonds is 2. The van der Waals surface area contributed by atoms with Gasteiger partial charge in [0, 0.05) is 14.1 Å². The van der Waals surface area contributed by atoms with Crippen LogP contribution in [0.4, 0.5) is 5.69 Å². The van der Waals surface area contributed by atoms with Gasteiger partial charge in [-0.1, -0.05) is 18.2 Å². The summed E-state index contributed by atoms with van der Waals surface area (Å²) in [6.07, 6.45) is 0. The van der Waals surface area contributed by atoms with Crippen LogP contribution in [0.2, 0.25) is 0 Å². The van der Waals surface area contributed by atoms with Crippen LogP contribution in [-0.4, -0.2) is 31.7 Å². The van der Waals surface area contributed by atoms with Gasteiger partial charge in [-0.3, -0.25) is 0 Å². The van der Waals surface area contributed by atoms with Gasteiger partial charge in [0.05, 0.1) is 18.8 Å². The fourth-order valence-electron chi connectivity index (χ4n) is 1.80. The third-order valence-corrected chi connectivity index (χ3v) is 2.46. The molecule has 1 aliphatic heterocycles. The van der Waals surface area contributed by atoms with Gasteiger partial charge >= 0.3 is 6.02 Å². The van der Waals surface area contributed by atoms with Crippen LogP contribution in [0.3, 0.4) is 0 Å². The number of hydrazine groups is 1. The number of fused-ring (bicyclic) bond motifs is 1. The van der Waals surface area contributed by atoms with Crippen molar-refractivity contribution in [3.05, 3.63) is 29.8 Å². The number of benzene rings is 1. The van der Waals surface area contributed by atoms with Gasteiger partial charge in [-0.05, 0) is 18.6 Å². The topological polar surface area (TPSA) is 28.1 Å². The molecule has 0 radical (unpaired) electrons. The van der Waals surface area contributed by atoms with E-state index in [2.05, 4.69) is 17.1 Å².